The van der Waals surface area contributed by atoms with Gasteiger partial charge in [-0.3, -0.25) is 10.5 Å². The molecule has 6 heteroatoms. The Kier molecular flexibility index (Phi) is 3.92. The summed E-state index contributed by atoms with van der Waals surface area (Å²) in [6.07, 6.45) is 1.79. The lowest BCUT2D eigenvalue weighted by Gasteiger charge is -2.16. The molecule has 1 heterocycles. The summed E-state index contributed by atoms with van der Waals surface area (Å²) in [5.74, 6) is 5.64. The van der Waals surface area contributed by atoms with E-state index in [4.69, 9.17) is 29.0 Å². The predicted molar refractivity (Wildman–Crippen MR) is 73.6 cm³/mol. The maximum absolute atomic E-state index is 6.03. The summed E-state index contributed by atoms with van der Waals surface area (Å²) >= 11 is 11.9. The van der Waals surface area contributed by atoms with Crippen molar-refractivity contribution in [1.82, 2.24) is 15.2 Å². The molecular weight excluding hydrogens is 271 g/mol. The molecule has 2 rings (SSSR count). The van der Waals surface area contributed by atoms with E-state index in [9.17, 15) is 0 Å². The van der Waals surface area contributed by atoms with Crippen LogP contribution in [0.5, 0.6) is 0 Å². The second-order valence-corrected chi connectivity index (χ2v) is 4.90. The van der Waals surface area contributed by atoms with E-state index >= 15 is 0 Å². The van der Waals surface area contributed by atoms with Crippen molar-refractivity contribution in [2.45, 2.75) is 13.0 Å². The van der Waals surface area contributed by atoms with Gasteiger partial charge in [0, 0.05) is 18.3 Å². The highest BCUT2D eigenvalue weighted by Crippen LogP contribution is 2.29. The van der Waals surface area contributed by atoms with Gasteiger partial charge < -0.3 is 0 Å². The number of hydrogen-bond acceptors (Lipinski definition) is 3. The first kappa shape index (κ1) is 13.4. The van der Waals surface area contributed by atoms with E-state index in [1.165, 1.54) is 0 Å². The van der Waals surface area contributed by atoms with Crippen molar-refractivity contribution >= 4 is 23.2 Å². The molecule has 18 heavy (non-hydrogen) atoms. The first-order valence-electron chi connectivity index (χ1n) is 5.44. The largest absolute Gasteiger partial charge is 0.273 e. The summed E-state index contributed by atoms with van der Waals surface area (Å²) in [6.45, 7) is 1.99. The summed E-state index contributed by atoms with van der Waals surface area (Å²) in [4.78, 5) is 0. The Bertz CT molecular complexity index is 565. The molecule has 3 N–H and O–H groups in total. The first-order valence-corrected chi connectivity index (χ1v) is 6.19. The van der Waals surface area contributed by atoms with Crippen LogP contribution >= 0.6 is 23.2 Å². The van der Waals surface area contributed by atoms with Gasteiger partial charge in [0.25, 0.3) is 0 Å². The summed E-state index contributed by atoms with van der Waals surface area (Å²) in [5.41, 5.74) is 5.79. The molecular formula is C12H14Cl2N4. The van der Waals surface area contributed by atoms with Crippen LogP contribution < -0.4 is 11.3 Å². The highest BCUT2D eigenvalue weighted by Gasteiger charge is 2.18. The Morgan fingerprint density at radius 3 is 2.56 bits per heavy atom. The Morgan fingerprint density at radius 1 is 1.33 bits per heavy atom. The fraction of sp³-hybridized carbons (Fsp3) is 0.250. The summed E-state index contributed by atoms with van der Waals surface area (Å²) in [6, 6.07) is 5.30. The molecule has 0 amide bonds. The molecule has 4 nitrogen and oxygen atoms in total. The first-order chi connectivity index (χ1) is 8.54. The summed E-state index contributed by atoms with van der Waals surface area (Å²) < 4.78 is 1.80. The van der Waals surface area contributed by atoms with Gasteiger partial charge in [-0.15, -0.1) is 0 Å². The number of hydrogen-bond donors (Lipinski definition) is 2. The van der Waals surface area contributed by atoms with Crippen LogP contribution in [-0.2, 0) is 7.05 Å². The number of hydrazine groups is 1. The monoisotopic (exact) mass is 284 g/mol. The predicted octanol–water partition coefficient (Wildman–Crippen LogP) is 2.59. The summed E-state index contributed by atoms with van der Waals surface area (Å²) in [7, 11) is 1.89. The molecule has 0 aliphatic rings. The number of rotatable bonds is 3. The SMILES string of the molecule is Cc1c(C(NN)c2ccc(Cl)c(Cl)c2)cnn1C. The van der Waals surface area contributed by atoms with Crippen LogP contribution in [0.4, 0.5) is 0 Å². The van der Waals surface area contributed by atoms with E-state index in [0.717, 1.165) is 16.8 Å². The molecule has 0 fully saturated rings. The topological polar surface area (TPSA) is 55.9 Å². The Hall–Kier alpha value is -1.07. The third kappa shape index (κ3) is 2.37. The zero-order valence-electron chi connectivity index (χ0n) is 10.1. The lowest BCUT2D eigenvalue weighted by molar-refractivity contribution is 0.630. The third-order valence-corrected chi connectivity index (χ3v) is 3.77. The van der Waals surface area contributed by atoms with Crippen molar-refractivity contribution in [1.29, 1.82) is 0 Å². The second-order valence-electron chi connectivity index (χ2n) is 4.08. The maximum Gasteiger partial charge on any atom is 0.0743 e. The van der Waals surface area contributed by atoms with Crippen LogP contribution in [0.25, 0.3) is 0 Å². The van der Waals surface area contributed by atoms with Crippen molar-refractivity contribution in [3.05, 3.63) is 51.3 Å². The van der Waals surface area contributed by atoms with Crippen LogP contribution in [0.2, 0.25) is 10.0 Å². The number of nitrogens with two attached hydrogens (primary N) is 1. The fourth-order valence-electron chi connectivity index (χ4n) is 1.86. The average molecular weight is 285 g/mol. The highest BCUT2D eigenvalue weighted by molar-refractivity contribution is 6.42. The van der Waals surface area contributed by atoms with Crippen molar-refractivity contribution in [2.75, 3.05) is 0 Å². The van der Waals surface area contributed by atoms with Gasteiger partial charge in [-0.1, -0.05) is 29.3 Å². The van der Waals surface area contributed by atoms with Crippen LogP contribution in [0.3, 0.4) is 0 Å². The van der Waals surface area contributed by atoms with E-state index in [-0.39, 0.29) is 6.04 Å². The zero-order valence-corrected chi connectivity index (χ0v) is 11.6. The lowest BCUT2D eigenvalue weighted by atomic mass is 10.0. The molecule has 2 aromatic rings. The standard InChI is InChI=1S/C12H14Cl2N4/c1-7-9(6-16-18(7)2)12(17-15)8-3-4-10(13)11(14)5-8/h3-6,12,17H,15H2,1-2H3. The van der Waals surface area contributed by atoms with E-state index in [1.54, 1.807) is 23.0 Å². The molecule has 1 aromatic carbocycles. The van der Waals surface area contributed by atoms with Crippen molar-refractivity contribution in [2.24, 2.45) is 12.9 Å². The smallest absolute Gasteiger partial charge is 0.0743 e. The fourth-order valence-corrected chi connectivity index (χ4v) is 2.16. The number of nitrogens with one attached hydrogen (secondary N) is 1. The van der Waals surface area contributed by atoms with Gasteiger partial charge in [0.1, 0.15) is 0 Å². The zero-order chi connectivity index (χ0) is 13.3. The Labute approximate surface area is 116 Å². The summed E-state index contributed by atoms with van der Waals surface area (Å²) in [5, 5.41) is 5.25. The molecule has 0 saturated carbocycles. The van der Waals surface area contributed by atoms with Crippen LogP contribution in [-0.4, -0.2) is 9.78 Å². The molecule has 1 atom stereocenters. The molecule has 0 bridgehead atoms. The molecule has 0 spiro atoms. The highest BCUT2D eigenvalue weighted by atomic mass is 35.5. The van der Waals surface area contributed by atoms with Crippen molar-refractivity contribution in [3.8, 4) is 0 Å². The Morgan fingerprint density at radius 2 is 2.06 bits per heavy atom. The van der Waals surface area contributed by atoms with Crippen LogP contribution in [0.15, 0.2) is 24.4 Å². The maximum atomic E-state index is 6.03. The van der Waals surface area contributed by atoms with E-state index in [2.05, 4.69) is 10.5 Å². The van der Waals surface area contributed by atoms with Crippen molar-refractivity contribution in [3.63, 3.8) is 0 Å². The minimum absolute atomic E-state index is 0.159. The van der Waals surface area contributed by atoms with Gasteiger partial charge in [0.15, 0.2) is 0 Å². The normalized spacial score (nSPS) is 12.7. The van der Waals surface area contributed by atoms with Gasteiger partial charge in [-0.25, -0.2) is 5.43 Å². The van der Waals surface area contributed by atoms with Gasteiger partial charge in [-0.2, -0.15) is 5.10 Å². The van der Waals surface area contributed by atoms with Gasteiger partial charge in [0.05, 0.1) is 22.3 Å². The molecule has 1 aromatic heterocycles. The number of halogens is 2. The van der Waals surface area contributed by atoms with Crippen molar-refractivity contribution < 1.29 is 0 Å². The molecule has 0 aliphatic carbocycles. The van der Waals surface area contributed by atoms with Crippen LogP contribution in [0, 0.1) is 6.92 Å². The van der Waals surface area contributed by atoms with Gasteiger partial charge in [0.2, 0.25) is 0 Å². The molecule has 96 valence electrons. The molecule has 0 aliphatic heterocycles. The molecule has 1 unspecified atom stereocenters. The van der Waals surface area contributed by atoms with Gasteiger partial charge in [-0.05, 0) is 24.6 Å². The van der Waals surface area contributed by atoms with E-state index in [1.807, 2.05) is 20.0 Å². The Balaban J connectivity index is 2.45. The average Bonchev–Trinajstić information content (AvgIpc) is 2.67. The minimum atomic E-state index is -0.159. The number of aromatic nitrogens is 2. The van der Waals surface area contributed by atoms with E-state index < -0.39 is 0 Å². The number of nitrogens with zero attached hydrogens (tertiary/aromatic N) is 2. The molecule has 0 saturated heterocycles. The molecule has 0 radical (unpaired) electrons. The lowest BCUT2D eigenvalue weighted by Crippen LogP contribution is -2.29. The number of aryl methyl sites for hydroxylation is 1. The van der Waals surface area contributed by atoms with E-state index in [0.29, 0.717) is 10.0 Å². The third-order valence-electron chi connectivity index (χ3n) is 3.03. The quantitative estimate of drug-likeness (QED) is 0.673. The number of benzene rings is 1. The minimum Gasteiger partial charge on any atom is -0.273 e. The van der Waals surface area contributed by atoms with Crippen LogP contribution in [0.1, 0.15) is 22.9 Å². The second kappa shape index (κ2) is 5.28. The van der Waals surface area contributed by atoms with Gasteiger partial charge >= 0.3 is 0 Å².